The number of hydrogen-bond acceptors (Lipinski definition) is 6. The van der Waals surface area contributed by atoms with Crippen LogP contribution in [0.15, 0.2) is 35.2 Å². The molecular formula is C21H29N5O2S. The molecule has 2 aliphatic heterocycles. The highest BCUT2D eigenvalue weighted by Gasteiger charge is 2.29. The minimum atomic E-state index is -3.45. The van der Waals surface area contributed by atoms with Crippen LogP contribution in [-0.2, 0) is 10.0 Å². The van der Waals surface area contributed by atoms with Crippen molar-refractivity contribution >= 4 is 21.8 Å². The van der Waals surface area contributed by atoms with Crippen LogP contribution in [0.4, 0.5) is 11.8 Å². The number of hydrogen-bond donors (Lipinski definition) is 0. The van der Waals surface area contributed by atoms with Gasteiger partial charge in [-0.05, 0) is 45.2 Å². The molecule has 8 heteroatoms. The molecule has 29 heavy (non-hydrogen) atoms. The van der Waals surface area contributed by atoms with Gasteiger partial charge in [0, 0.05) is 51.0 Å². The van der Waals surface area contributed by atoms with Crippen molar-refractivity contribution in [2.75, 3.05) is 49.1 Å². The van der Waals surface area contributed by atoms with E-state index in [0.717, 1.165) is 36.1 Å². The van der Waals surface area contributed by atoms with Crippen molar-refractivity contribution in [1.82, 2.24) is 14.3 Å². The number of sulfonamides is 1. The van der Waals surface area contributed by atoms with Gasteiger partial charge in [-0.15, -0.1) is 0 Å². The van der Waals surface area contributed by atoms with E-state index in [1.54, 1.807) is 16.4 Å². The van der Waals surface area contributed by atoms with Crippen molar-refractivity contribution in [2.45, 2.75) is 38.0 Å². The Labute approximate surface area is 173 Å². The van der Waals surface area contributed by atoms with Crippen LogP contribution < -0.4 is 9.80 Å². The van der Waals surface area contributed by atoms with Crippen molar-refractivity contribution in [2.24, 2.45) is 0 Å². The quantitative estimate of drug-likeness (QED) is 0.765. The van der Waals surface area contributed by atoms with Gasteiger partial charge in [-0.3, -0.25) is 0 Å². The number of rotatable bonds is 4. The molecule has 3 heterocycles. The molecule has 2 aliphatic rings. The Morgan fingerprint density at radius 1 is 0.793 bits per heavy atom. The lowest BCUT2D eigenvalue weighted by Crippen LogP contribution is -2.49. The number of piperazine rings is 1. The van der Waals surface area contributed by atoms with Gasteiger partial charge in [-0.25, -0.2) is 13.4 Å². The first-order valence-corrected chi connectivity index (χ1v) is 11.8. The monoisotopic (exact) mass is 415 g/mol. The van der Waals surface area contributed by atoms with Gasteiger partial charge in [0.05, 0.1) is 4.90 Å². The van der Waals surface area contributed by atoms with Crippen molar-refractivity contribution in [3.63, 3.8) is 0 Å². The van der Waals surface area contributed by atoms with E-state index in [2.05, 4.69) is 14.8 Å². The molecule has 0 atom stereocenters. The molecule has 0 N–H and O–H groups in total. The Bertz CT molecular complexity index is 948. The maximum absolute atomic E-state index is 12.9. The van der Waals surface area contributed by atoms with Gasteiger partial charge >= 0.3 is 0 Å². The molecule has 156 valence electrons. The number of aromatic nitrogens is 2. The lowest BCUT2D eigenvalue weighted by molar-refractivity contribution is 0.383. The minimum absolute atomic E-state index is 0.363. The molecule has 0 aliphatic carbocycles. The van der Waals surface area contributed by atoms with Gasteiger partial charge in [-0.1, -0.05) is 17.7 Å². The number of aryl methyl sites for hydroxylation is 2. The van der Waals surface area contributed by atoms with Gasteiger partial charge in [0.25, 0.3) is 0 Å². The summed E-state index contributed by atoms with van der Waals surface area (Å²) in [5.74, 6) is 1.69. The Kier molecular flexibility index (Phi) is 5.74. The van der Waals surface area contributed by atoms with E-state index in [1.165, 1.54) is 19.3 Å². The minimum Gasteiger partial charge on any atom is -0.354 e. The summed E-state index contributed by atoms with van der Waals surface area (Å²) in [6.07, 6.45) is 3.64. The summed E-state index contributed by atoms with van der Waals surface area (Å²) in [6.45, 7) is 8.13. The van der Waals surface area contributed by atoms with Crippen molar-refractivity contribution in [1.29, 1.82) is 0 Å². The molecule has 2 fully saturated rings. The fraction of sp³-hybridized carbons (Fsp3) is 0.524. The molecule has 0 radical (unpaired) electrons. The van der Waals surface area contributed by atoms with E-state index in [9.17, 15) is 8.42 Å². The molecule has 1 aromatic carbocycles. The van der Waals surface area contributed by atoms with E-state index in [-0.39, 0.29) is 0 Å². The lowest BCUT2D eigenvalue weighted by Gasteiger charge is -2.35. The highest BCUT2D eigenvalue weighted by atomic mass is 32.2. The molecule has 2 saturated heterocycles. The van der Waals surface area contributed by atoms with Crippen LogP contribution in [0.2, 0.25) is 0 Å². The van der Waals surface area contributed by atoms with Gasteiger partial charge in [0.15, 0.2) is 0 Å². The predicted octanol–water partition coefficient (Wildman–Crippen LogP) is 2.59. The zero-order valence-electron chi connectivity index (χ0n) is 17.2. The summed E-state index contributed by atoms with van der Waals surface area (Å²) in [4.78, 5) is 14.2. The Balaban J connectivity index is 1.47. The van der Waals surface area contributed by atoms with Gasteiger partial charge in [-0.2, -0.15) is 9.29 Å². The lowest BCUT2D eigenvalue weighted by atomic mass is 10.1. The maximum atomic E-state index is 12.9. The van der Waals surface area contributed by atoms with Crippen molar-refractivity contribution in [3.05, 3.63) is 41.6 Å². The van der Waals surface area contributed by atoms with Crippen LogP contribution in [0, 0.1) is 13.8 Å². The summed E-state index contributed by atoms with van der Waals surface area (Å²) in [7, 11) is -3.45. The van der Waals surface area contributed by atoms with Crippen LogP contribution in [-0.4, -0.2) is 62.0 Å². The molecular weight excluding hydrogens is 386 g/mol. The summed E-state index contributed by atoms with van der Waals surface area (Å²) in [5, 5.41) is 0. The first-order chi connectivity index (χ1) is 13.9. The normalized spacial score (nSPS) is 18.8. The average molecular weight is 416 g/mol. The second-order valence-electron chi connectivity index (χ2n) is 7.92. The highest BCUT2D eigenvalue weighted by molar-refractivity contribution is 7.89. The third kappa shape index (κ3) is 4.38. The summed E-state index contributed by atoms with van der Waals surface area (Å²) in [6, 6.07) is 9.06. The number of piperidine rings is 1. The zero-order valence-corrected chi connectivity index (χ0v) is 18.0. The highest BCUT2D eigenvalue weighted by Crippen LogP contribution is 2.23. The topological polar surface area (TPSA) is 69.6 Å². The Morgan fingerprint density at radius 2 is 1.45 bits per heavy atom. The second-order valence-corrected chi connectivity index (χ2v) is 9.86. The number of benzene rings is 1. The maximum Gasteiger partial charge on any atom is 0.243 e. The van der Waals surface area contributed by atoms with E-state index in [0.29, 0.717) is 31.1 Å². The predicted molar refractivity (Wildman–Crippen MR) is 115 cm³/mol. The van der Waals surface area contributed by atoms with Crippen LogP contribution in [0.3, 0.4) is 0 Å². The van der Waals surface area contributed by atoms with Gasteiger partial charge in [0.1, 0.15) is 5.82 Å². The van der Waals surface area contributed by atoms with Gasteiger partial charge < -0.3 is 9.80 Å². The van der Waals surface area contributed by atoms with E-state index < -0.39 is 10.0 Å². The largest absolute Gasteiger partial charge is 0.354 e. The molecule has 7 nitrogen and oxygen atoms in total. The van der Waals surface area contributed by atoms with Crippen molar-refractivity contribution in [3.8, 4) is 0 Å². The molecule has 0 spiro atoms. The molecule has 1 aromatic heterocycles. The fourth-order valence-electron chi connectivity index (χ4n) is 3.95. The second kappa shape index (κ2) is 8.28. The van der Waals surface area contributed by atoms with Crippen LogP contribution in [0.25, 0.3) is 0 Å². The standard InChI is InChI=1S/C21H29N5O2S/c1-17-6-8-19(9-7-17)29(27,28)26-14-12-24(13-15-26)20-16-18(2)22-21(23-20)25-10-4-3-5-11-25/h6-9,16H,3-5,10-15H2,1-2H3. The van der Waals surface area contributed by atoms with Crippen LogP contribution in [0.5, 0.6) is 0 Å². The molecule has 0 saturated carbocycles. The first-order valence-electron chi connectivity index (χ1n) is 10.4. The van der Waals surface area contributed by atoms with E-state index in [1.807, 2.05) is 32.0 Å². The molecule has 0 bridgehead atoms. The Morgan fingerprint density at radius 3 is 2.10 bits per heavy atom. The average Bonchev–Trinajstić information content (AvgIpc) is 2.74. The summed E-state index contributed by atoms with van der Waals surface area (Å²) < 4.78 is 27.4. The molecule has 2 aromatic rings. The summed E-state index contributed by atoms with van der Waals surface area (Å²) >= 11 is 0. The van der Waals surface area contributed by atoms with Gasteiger partial charge in [0.2, 0.25) is 16.0 Å². The molecule has 0 unspecified atom stereocenters. The number of nitrogens with zero attached hydrogens (tertiary/aromatic N) is 5. The smallest absolute Gasteiger partial charge is 0.243 e. The fourth-order valence-corrected chi connectivity index (χ4v) is 5.37. The van der Waals surface area contributed by atoms with Crippen molar-refractivity contribution < 1.29 is 8.42 Å². The Hall–Kier alpha value is -2.19. The number of anilines is 2. The molecule has 0 amide bonds. The summed E-state index contributed by atoms with van der Waals surface area (Å²) in [5.41, 5.74) is 2.00. The zero-order chi connectivity index (χ0) is 20.4. The molecule has 4 rings (SSSR count). The SMILES string of the molecule is Cc1ccc(S(=O)(=O)N2CCN(c3cc(C)nc(N4CCCCC4)n3)CC2)cc1. The van der Waals surface area contributed by atoms with Crippen LogP contribution >= 0.6 is 0 Å². The first kappa shape index (κ1) is 20.1. The third-order valence-electron chi connectivity index (χ3n) is 5.69. The van der Waals surface area contributed by atoms with E-state index in [4.69, 9.17) is 4.98 Å². The van der Waals surface area contributed by atoms with E-state index >= 15 is 0 Å². The third-order valence-corrected chi connectivity index (χ3v) is 7.60. The van der Waals surface area contributed by atoms with Crippen LogP contribution in [0.1, 0.15) is 30.5 Å².